The minimum Gasteiger partial charge on any atom is -0.463 e. The normalized spacial score (nSPS) is 52.2. The summed E-state index contributed by atoms with van der Waals surface area (Å²) in [6.45, 7) is 1.90. The van der Waals surface area contributed by atoms with Crippen LogP contribution in [-0.4, -0.2) is 34.5 Å². The zero-order chi connectivity index (χ0) is 12.9. The van der Waals surface area contributed by atoms with E-state index in [1.807, 2.05) is 6.92 Å². The average Bonchev–Trinajstić information content (AvgIpc) is 3.11. The number of aliphatic hydroxyl groups excluding tert-OH is 2. The molecule has 1 heterocycles. The summed E-state index contributed by atoms with van der Waals surface area (Å²) in [4.78, 5) is 11.6. The SMILES string of the molecule is CC1CC2CC2C(O)CC2CC2C(O)CC(=O)O1. The van der Waals surface area contributed by atoms with Crippen molar-refractivity contribution in [3.8, 4) is 0 Å². The topological polar surface area (TPSA) is 66.8 Å². The van der Waals surface area contributed by atoms with E-state index in [9.17, 15) is 15.0 Å². The van der Waals surface area contributed by atoms with Crippen molar-refractivity contribution in [3.63, 3.8) is 0 Å². The third-order valence-corrected chi connectivity index (χ3v) is 4.83. The Bertz CT molecular complexity index is 343. The first-order valence-corrected chi connectivity index (χ1v) is 7.10. The molecule has 0 aromatic heterocycles. The molecule has 0 spiro atoms. The fraction of sp³-hybridized carbons (Fsp3) is 0.929. The van der Waals surface area contributed by atoms with Crippen LogP contribution in [0.15, 0.2) is 0 Å². The molecule has 0 aromatic rings. The molecule has 2 aliphatic carbocycles. The summed E-state index contributed by atoms with van der Waals surface area (Å²) in [7, 11) is 0. The van der Waals surface area contributed by atoms with Crippen molar-refractivity contribution in [3.05, 3.63) is 0 Å². The Morgan fingerprint density at radius 2 is 1.61 bits per heavy atom. The molecule has 0 amide bonds. The maximum Gasteiger partial charge on any atom is 0.308 e. The van der Waals surface area contributed by atoms with Gasteiger partial charge in [-0.15, -0.1) is 0 Å². The third-order valence-electron chi connectivity index (χ3n) is 4.83. The van der Waals surface area contributed by atoms with E-state index in [2.05, 4.69) is 0 Å². The van der Waals surface area contributed by atoms with Gasteiger partial charge in [-0.3, -0.25) is 4.79 Å². The maximum absolute atomic E-state index is 11.6. The van der Waals surface area contributed by atoms with E-state index in [-0.39, 0.29) is 30.5 Å². The number of hydrogen-bond acceptors (Lipinski definition) is 4. The quantitative estimate of drug-likeness (QED) is 0.635. The van der Waals surface area contributed by atoms with Crippen molar-refractivity contribution < 1.29 is 19.7 Å². The lowest BCUT2D eigenvalue weighted by Crippen LogP contribution is -2.24. The van der Waals surface area contributed by atoms with Gasteiger partial charge in [0.1, 0.15) is 0 Å². The second kappa shape index (κ2) is 4.49. The zero-order valence-corrected chi connectivity index (χ0v) is 10.8. The predicted molar refractivity (Wildman–Crippen MR) is 64.6 cm³/mol. The van der Waals surface area contributed by atoms with Gasteiger partial charge in [-0.2, -0.15) is 0 Å². The highest BCUT2D eigenvalue weighted by molar-refractivity contribution is 5.70. The second-order valence-electron chi connectivity index (χ2n) is 6.43. The van der Waals surface area contributed by atoms with Gasteiger partial charge >= 0.3 is 5.97 Å². The van der Waals surface area contributed by atoms with Crippen molar-refractivity contribution in [2.45, 2.75) is 57.3 Å². The summed E-state index contributed by atoms with van der Waals surface area (Å²) in [5.41, 5.74) is 0. The number of esters is 1. The lowest BCUT2D eigenvalue weighted by atomic mass is 10.0. The molecule has 2 N–H and O–H groups in total. The van der Waals surface area contributed by atoms with Crippen molar-refractivity contribution in [2.75, 3.05) is 0 Å². The molecule has 7 unspecified atom stereocenters. The van der Waals surface area contributed by atoms with Gasteiger partial charge in [0.2, 0.25) is 0 Å². The fourth-order valence-electron chi connectivity index (χ4n) is 3.58. The molecule has 0 radical (unpaired) electrons. The number of ether oxygens (including phenoxy) is 1. The molecule has 102 valence electrons. The van der Waals surface area contributed by atoms with Gasteiger partial charge in [0.15, 0.2) is 0 Å². The lowest BCUT2D eigenvalue weighted by molar-refractivity contribution is -0.151. The van der Waals surface area contributed by atoms with Crippen LogP contribution in [0.1, 0.15) is 39.0 Å². The van der Waals surface area contributed by atoms with E-state index in [1.54, 1.807) is 0 Å². The van der Waals surface area contributed by atoms with E-state index in [0.29, 0.717) is 17.8 Å². The van der Waals surface area contributed by atoms with Crippen LogP contribution in [0.3, 0.4) is 0 Å². The first-order valence-electron chi connectivity index (χ1n) is 7.10. The zero-order valence-electron chi connectivity index (χ0n) is 10.8. The van der Waals surface area contributed by atoms with Crippen LogP contribution in [0.2, 0.25) is 0 Å². The summed E-state index contributed by atoms with van der Waals surface area (Å²) in [6.07, 6.45) is 2.85. The van der Waals surface area contributed by atoms with E-state index in [1.165, 1.54) is 0 Å². The number of carbonyl (C=O) groups excluding carboxylic acids is 1. The van der Waals surface area contributed by atoms with Crippen molar-refractivity contribution in [2.24, 2.45) is 23.7 Å². The largest absolute Gasteiger partial charge is 0.463 e. The van der Waals surface area contributed by atoms with Gasteiger partial charge in [-0.05, 0) is 56.3 Å². The number of rotatable bonds is 0. The highest BCUT2D eigenvalue weighted by Crippen LogP contribution is 2.51. The molecule has 4 heteroatoms. The van der Waals surface area contributed by atoms with Crippen LogP contribution in [0.4, 0.5) is 0 Å². The molecule has 1 saturated heterocycles. The van der Waals surface area contributed by atoms with Crippen molar-refractivity contribution in [1.82, 2.24) is 0 Å². The van der Waals surface area contributed by atoms with Crippen molar-refractivity contribution in [1.29, 1.82) is 0 Å². The van der Waals surface area contributed by atoms with Crippen LogP contribution >= 0.6 is 0 Å². The highest BCUT2D eigenvalue weighted by atomic mass is 16.5. The van der Waals surface area contributed by atoms with Crippen LogP contribution in [0, 0.1) is 23.7 Å². The molecule has 3 aliphatic rings. The van der Waals surface area contributed by atoms with Gasteiger partial charge in [0.25, 0.3) is 0 Å². The summed E-state index contributed by atoms with van der Waals surface area (Å²) < 4.78 is 5.31. The van der Waals surface area contributed by atoms with Gasteiger partial charge in [-0.25, -0.2) is 0 Å². The van der Waals surface area contributed by atoms with Crippen LogP contribution in [0.5, 0.6) is 0 Å². The van der Waals surface area contributed by atoms with Crippen LogP contribution < -0.4 is 0 Å². The summed E-state index contributed by atoms with van der Waals surface area (Å²) in [5, 5.41) is 20.1. The Balaban J connectivity index is 1.66. The third kappa shape index (κ3) is 2.54. The standard InChI is InChI=1S/C14H22O4/c1-7-2-8-3-10(8)12(15)5-9-4-11(9)13(16)6-14(17)18-7/h7-13,15-16H,2-6H2,1H3. The Labute approximate surface area is 107 Å². The molecule has 0 bridgehead atoms. The van der Waals surface area contributed by atoms with E-state index in [0.717, 1.165) is 25.7 Å². The molecule has 7 atom stereocenters. The van der Waals surface area contributed by atoms with E-state index < -0.39 is 6.10 Å². The Morgan fingerprint density at radius 3 is 2.33 bits per heavy atom. The lowest BCUT2D eigenvalue weighted by Gasteiger charge is -2.18. The predicted octanol–water partition coefficient (Wildman–Crippen LogP) is 1.10. The Kier molecular flexibility index (Phi) is 3.10. The summed E-state index contributed by atoms with van der Waals surface area (Å²) in [6, 6.07) is 0. The molecular formula is C14H22O4. The molecule has 2 saturated carbocycles. The monoisotopic (exact) mass is 254 g/mol. The summed E-state index contributed by atoms with van der Waals surface area (Å²) >= 11 is 0. The fourth-order valence-corrected chi connectivity index (χ4v) is 3.58. The molecule has 3 fully saturated rings. The maximum atomic E-state index is 11.6. The molecule has 0 aromatic carbocycles. The van der Waals surface area contributed by atoms with Gasteiger partial charge < -0.3 is 14.9 Å². The van der Waals surface area contributed by atoms with E-state index in [4.69, 9.17) is 4.74 Å². The van der Waals surface area contributed by atoms with Gasteiger partial charge in [-0.1, -0.05) is 0 Å². The molecule has 4 nitrogen and oxygen atoms in total. The van der Waals surface area contributed by atoms with Gasteiger partial charge in [0, 0.05) is 0 Å². The number of fused-ring (bicyclic) bond motifs is 2. The first-order chi connectivity index (χ1) is 8.54. The number of aliphatic hydroxyl groups is 2. The minimum absolute atomic E-state index is 0.0960. The highest BCUT2D eigenvalue weighted by Gasteiger charge is 2.49. The van der Waals surface area contributed by atoms with Crippen molar-refractivity contribution >= 4 is 5.97 Å². The minimum atomic E-state index is -0.587. The average molecular weight is 254 g/mol. The van der Waals surface area contributed by atoms with Crippen LogP contribution in [-0.2, 0) is 9.53 Å². The number of carbonyl (C=O) groups is 1. The van der Waals surface area contributed by atoms with Gasteiger partial charge in [0.05, 0.1) is 24.7 Å². The Hall–Kier alpha value is -0.610. The summed E-state index contributed by atoms with van der Waals surface area (Å²) in [5.74, 6) is 1.23. The molecule has 3 rings (SSSR count). The van der Waals surface area contributed by atoms with E-state index >= 15 is 0 Å². The smallest absolute Gasteiger partial charge is 0.308 e. The molecule has 1 aliphatic heterocycles. The number of cyclic esters (lactones) is 1. The molecule has 18 heavy (non-hydrogen) atoms. The number of hydrogen-bond donors (Lipinski definition) is 2. The van der Waals surface area contributed by atoms with Crippen LogP contribution in [0.25, 0.3) is 0 Å². The Morgan fingerprint density at radius 1 is 1.00 bits per heavy atom. The first kappa shape index (κ1) is 12.4. The second-order valence-corrected chi connectivity index (χ2v) is 6.43. The molecular weight excluding hydrogens is 232 g/mol.